The Balaban J connectivity index is 1.79. The van der Waals surface area contributed by atoms with Gasteiger partial charge in [0.1, 0.15) is 6.04 Å². The summed E-state index contributed by atoms with van der Waals surface area (Å²) in [4.78, 5) is 4.35. The van der Waals surface area contributed by atoms with E-state index in [0.29, 0.717) is 5.02 Å². The minimum atomic E-state index is -0.134. The van der Waals surface area contributed by atoms with Gasteiger partial charge < -0.3 is 0 Å². The smallest absolute Gasteiger partial charge is 0.139 e. The Hall–Kier alpha value is -1.98. The molecule has 0 saturated carbocycles. The molecule has 0 bridgehead atoms. The number of halogens is 2. The van der Waals surface area contributed by atoms with Gasteiger partial charge in [0.25, 0.3) is 0 Å². The molecule has 2 aromatic rings. The number of benzene rings is 2. The molecule has 4 nitrogen and oxygen atoms in total. The van der Waals surface area contributed by atoms with Crippen molar-refractivity contribution in [2.24, 2.45) is 15.3 Å². The highest BCUT2D eigenvalue weighted by Crippen LogP contribution is 2.29. The molecule has 1 aliphatic rings. The molecule has 0 aromatic heterocycles. The van der Waals surface area contributed by atoms with E-state index in [-0.39, 0.29) is 6.04 Å². The molecular weight excluding hydrogens is 364 g/mol. The average Bonchev–Trinajstić information content (AvgIpc) is 2.98. The molecule has 1 atom stereocenters. The predicted molar refractivity (Wildman–Crippen MR) is 92.6 cm³/mol. The van der Waals surface area contributed by atoms with Gasteiger partial charge in [-0.15, -0.1) is 0 Å². The number of aliphatic imine (C=N–C) groups is 1. The fraction of sp³-hybridized carbons (Fsp3) is 0.0625. The van der Waals surface area contributed by atoms with Crippen molar-refractivity contribution in [1.82, 2.24) is 5.43 Å². The Kier molecular flexibility index (Phi) is 4.65. The lowest BCUT2D eigenvalue weighted by atomic mass is 10.1. The van der Waals surface area contributed by atoms with Crippen LogP contribution in [0.1, 0.15) is 11.6 Å². The minimum absolute atomic E-state index is 0.134. The first-order chi connectivity index (χ1) is 10.7. The van der Waals surface area contributed by atoms with Crippen molar-refractivity contribution in [1.29, 1.82) is 0 Å². The Morgan fingerprint density at radius 2 is 1.91 bits per heavy atom. The van der Waals surface area contributed by atoms with E-state index < -0.39 is 0 Å². The van der Waals surface area contributed by atoms with Crippen LogP contribution in [0, 0.1) is 0 Å². The van der Waals surface area contributed by atoms with Crippen LogP contribution in [0.5, 0.6) is 0 Å². The van der Waals surface area contributed by atoms with Crippen LogP contribution >= 0.6 is 27.5 Å². The molecule has 6 heteroatoms. The van der Waals surface area contributed by atoms with Gasteiger partial charge in [0.15, 0.2) is 0 Å². The minimum Gasteiger partial charge on any atom is -0.262 e. The summed E-state index contributed by atoms with van der Waals surface area (Å²) in [6.07, 6.45) is 3.56. The zero-order valence-electron chi connectivity index (χ0n) is 11.4. The molecule has 1 N–H and O–H groups in total. The summed E-state index contributed by atoms with van der Waals surface area (Å²) in [6.45, 7) is 0. The van der Waals surface area contributed by atoms with E-state index in [0.717, 1.165) is 21.4 Å². The van der Waals surface area contributed by atoms with E-state index in [4.69, 9.17) is 11.6 Å². The molecule has 3 rings (SSSR count). The highest BCUT2D eigenvalue weighted by molar-refractivity contribution is 9.10. The fourth-order valence-electron chi connectivity index (χ4n) is 2.04. The normalized spacial score (nSPS) is 19.0. The van der Waals surface area contributed by atoms with Gasteiger partial charge >= 0.3 is 0 Å². The number of para-hydroxylation sites is 1. The molecule has 1 unspecified atom stereocenters. The van der Waals surface area contributed by atoms with Crippen LogP contribution in [-0.4, -0.2) is 6.21 Å². The topological polar surface area (TPSA) is 49.1 Å². The molecule has 0 aliphatic carbocycles. The van der Waals surface area contributed by atoms with Gasteiger partial charge in [0.2, 0.25) is 0 Å². The fourth-order valence-corrected chi connectivity index (χ4v) is 2.49. The van der Waals surface area contributed by atoms with Gasteiger partial charge in [-0.2, -0.15) is 5.11 Å². The Morgan fingerprint density at radius 3 is 2.68 bits per heavy atom. The second kappa shape index (κ2) is 6.85. The van der Waals surface area contributed by atoms with Crippen molar-refractivity contribution in [3.05, 3.63) is 75.4 Å². The molecular formula is C16H12BrClN4. The lowest BCUT2D eigenvalue weighted by molar-refractivity contribution is 0.859. The number of nitrogens with zero attached hydrogens (tertiary/aromatic N) is 3. The van der Waals surface area contributed by atoms with E-state index in [9.17, 15) is 0 Å². The van der Waals surface area contributed by atoms with Crippen LogP contribution in [0.15, 0.2) is 80.1 Å². The highest BCUT2D eigenvalue weighted by atomic mass is 79.9. The monoisotopic (exact) mass is 374 g/mol. The zero-order valence-corrected chi connectivity index (χ0v) is 13.8. The standard InChI is InChI=1S/C16H12BrClN4/c17-12-7-5-11(6-8-12)16-15(20-22-21-16)9-10-19-14-4-2-1-3-13(14)18/h1-10,16H,(H,20,21). The van der Waals surface area contributed by atoms with Gasteiger partial charge in [-0.05, 0) is 35.9 Å². The van der Waals surface area contributed by atoms with Crippen molar-refractivity contribution >= 4 is 39.4 Å². The molecule has 0 amide bonds. The summed E-state index contributed by atoms with van der Waals surface area (Å²) < 4.78 is 1.03. The third-order valence-electron chi connectivity index (χ3n) is 3.15. The van der Waals surface area contributed by atoms with Crippen LogP contribution in [0.3, 0.4) is 0 Å². The summed E-state index contributed by atoms with van der Waals surface area (Å²) in [5.41, 5.74) is 5.57. The second-order valence-electron chi connectivity index (χ2n) is 4.63. The number of nitrogens with one attached hydrogen (secondary N) is 1. The van der Waals surface area contributed by atoms with Crippen LogP contribution in [0.4, 0.5) is 5.69 Å². The molecule has 1 heterocycles. The van der Waals surface area contributed by atoms with E-state index in [1.807, 2.05) is 54.6 Å². The lowest BCUT2D eigenvalue weighted by Crippen LogP contribution is -2.05. The zero-order chi connectivity index (χ0) is 15.4. The molecule has 0 spiro atoms. The van der Waals surface area contributed by atoms with Gasteiger partial charge in [-0.3, -0.25) is 10.4 Å². The highest BCUT2D eigenvalue weighted by Gasteiger charge is 2.20. The van der Waals surface area contributed by atoms with Crippen molar-refractivity contribution in [3.63, 3.8) is 0 Å². The maximum absolute atomic E-state index is 6.07. The van der Waals surface area contributed by atoms with Gasteiger partial charge in [-0.1, -0.05) is 57.0 Å². The maximum Gasteiger partial charge on any atom is 0.139 e. The summed E-state index contributed by atoms with van der Waals surface area (Å²) in [6, 6.07) is 15.3. The molecule has 110 valence electrons. The van der Waals surface area contributed by atoms with E-state index in [2.05, 4.69) is 36.7 Å². The maximum atomic E-state index is 6.07. The first kappa shape index (κ1) is 14.9. The van der Waals surface area contributed by atoms with Gasteiger partial charge in [-0.25, -0.2) is 0 Å². The lowest BCUT2D eigenvalue weighted by Gasteiger charge is -2.07. The first-order valence-electron chi connectivity index (χ1n) is 6.64. The van der Waals surface area contributed by atoms with E-state index in [1.54, 1.807) is 6.21 Å². The summed E-state index contributed by atoms with van der Waals surface area (Å²) >= 11 is 9.49. The summed E-state index contributed by atoms with van der Waals surface area (Å²) in [5.74, 6) is 0. The van der Waals surface area contributed by atoms with Gasteiger partial charge in [0, 0.05) is 10.7 Å². The third kappa shape index (κ3) is 3.43. The number of rotatable bonds is 3. The first-order valence-corrected chi connectivity index (χ1v) is 7.81. The molecule has 0 fully saturated rings. The quantitative estimate of drug-likeness (QED) is 0.717. The van der Waals surface area contributed by atoms with Crippen molar-refractivity contribution in [3.8, 4) is 0 Å². The van der Waals surface area contributed by atoms with Crippen LogP contribution in [0.25, 0.3) is 0 Å². The Labute approximate surface area is 141 Å². The molecule has 1 aliphatic heterocycles. The number of hydrogen-bond acceptors (Lipinski definition) is 4. The SMILES string of the molecule is Clc1ccccc1N=CC=C1NN=NC1c1ccc(Br)cc1. The Bertz CT molecular complexity index is 753. The summed E-state index contributed by atoms with van der Waals surface area (Å²) in [5, 5.41) is 8.72. The largest absolute Gasteiger partial charge is 0.262 e. The van der Waals surface area contributed by atoms with Crippen LogP contribution < -0.4 is 5.43 Å². The van der Waals surface area contributed by atoms with Crippen molar-refractivity contribution in [2.75, 3.05) is 0 Å². The van der Waals surface area contributed by atoms with E-state index in [1.165, 1.54) is 0 Å². The van der Waals surface area contributed by atoms with Crippen molar-refractivity contribution < 1.29 is 0 Å². The molecule has 0 saturated heterocycles. The molecule has 22 heavy (non-hydrogen) atoms. The second-order valence-corrected chi connectivity index (χ2v) is 5.96. The number of allylic oxidation sites excluding steroid dienone is 1. The third-order valence-corrected chi connectivity index (χ3v) is 4.00. The average molecular weight is 376 g/mol. The van der Waals surface area contributed by atoms with E-state index >= 15 is 0 Å². The number of hydrogen-bond donors (Lipinski definition) is 1. The van der Waals surface area contributed by atoms with Crippen molar-refractivity contribution in [2.45, 2.75) is 6.04 Å². The summed E-state index contributed by atoms with van der Waals surface area (Å²) in [7, 11) is 0. The predicted octanol–water partition coefficient (Wildman–Crippen LogP) is 5.40. The molecule has 0 radical (unpaired) electrons. The van der Waals surface area contributed by atoms with Gasteiger partial charge in [0.05, 0.1) is 16.4 Å². The Morgan fingerprint density at radius 1 is 1.14 bits per heavy atom. The molecule has 2 aromatic carbocycles. The van der Waals surface area contributed by atoms with Crippen LogP contribution in [-0.2, 0) is 0 Å². The van der Waals surface area contributed by atoms with Crippen LogP contribution in [0.2, 0.25) is 5.02 Å².